The van der Waals surface area contributed by atoms with Gasteiger partial charge in [0, 0.05) is 17.8 Å². The molecule has 0 atom stereocenters. The molecule has 136 valence electrons. The van der Waals surface area contributed by atoms with Gasteiger partial charge in [0.1, 0.15) is 0 Å². The summed E-state index contributed by atoms with van der Waals surface area (Å²) < 4.78 is 1.37. The van der Waals surface area contributed by atoms with E-state index in [1.165, 1.54) is 23.9 Å². The summed E-state index contributed by atoms with van der Waals surface area (Å²) >= 11 is 0. The van der Waals surface area contributed by atoms with Crippen LogP contribution in [0.5, 0.6) is 0 Å². The number of fused-ring (bicyclic) bond motifs is 1. The van der Waals surface area contributed by atoms with E-state index >= 15 is 0 Å². The van der Waals surface area contributed by atoms with Crippen molar-refractivity contribution in [2.75, 3.05) is 0 Å². The smallest absolute Gasteiger partial charge is 0.274 e. The molecule has 0 radical (unpaired) electrons. The largest absolute Gasteiger partial charge is 0.350 e. The number of carbonyl (C=O) groups excluding carboxylic acids is 1. The molecule has 0 spiro atoms. The highest BCUT2D eigenvalue weighted by Gasteiger charge is 2.54. The second-order valence-electron chi connectivity index (χ2n) is 8.80. The van der Waals surface area contributed by atoms with Crippen LogP contribution in [0.15, 0.2) is 29.1 Å². The molecule has 4 aliphatic rings. The minimum atomic E-state index is -0.148. The fraction of sp³-hybridized carbons (Fsp3) is 0.571. The first-order valence-corrected chi connectivity index (χ1v) is 9.77. The van der Waals surface area contributed by atoms with E-state index in [-0.39, 0.29) is 16.9 Å². The third-order valence-electron chi connectivity index (χ3n) is 6.97. The molecule has 5 nitrogen and oxygen atoms in total. The Hall–Kier alpha value is -2.17. The van der Waals surface area contributed by atoms with Crippen LogP contribution in [0.3, 0.4) is 0 Å². The highest BCUT2D eigenvalue weighted by Crippen LogP contribution is 2.60. The first kappa shape index (κ1) is 16.0. The van der Waals surface area contributed by atoms with Gasteiger partial charge in [0.25, 0.3) is 5.56 Å². The minimum absolute atomic E-state index is 0.100. The van der Waals surface area contributed by atoms with Gasteiger partial charge in [-0.3, -0.25) is 9.59 Å². The Morgan fingerprint density at radius 2 is 1.69 bits per heavy atom. The first-order valence-electron chi connectivity index (χ1n) is 9.77. The van der Waals surface area contributed by atoms with Crippen LogP contribution in [0.1, 0.15) is 44.2 Å². The van der Waals surface area contributed by atoms with E-state index in [9.17, 15) is 9.59 Å². The highest BCUT2D eigenvalue weighted by atomic mass is 16.2. The van der Waals surface area contributed by atoms with Crippen LogP contribution < -0.4 is 10.9 Å². The Bertz CT molecular complexity index is 911. The summed E-state index contributed by atoms with van der Waals surface area (Å²) in [5.74, 6) is 2.46. The van der Waals surface area contributed by atoms with E-state index in [0.29, 0.717) is 11.9 Å². The van der Waals surface area contributed by atoms with Crippen LogP contribution in [0.4, 0.5) is 0 Å². The molecule has 1 aromatic carbocycles. The molecule has 4 saturated carbocycles. The lowest BCUT2D eigenvalue weighted by atomic mass is 9.49. The predicted molar refractivity (Wildman–Crippen MR) is 99.4 cm³/mol. The summed E-state index contributed by atoms with van der Waals surface area (Å²) in [4.78, 5) is 25.4. The molecule has 6 rings (SSSR count). The summed E-state index contributed by atoms with van der Waals surface area (Å²) in [7, 11) is 1.67. The number of amides is 1. The van der Waals surface area contributed by atoms with Crippen molar-refractivity contribution >= 4 is 16.7 Å². The molecule has 0 unspecified atom stereocenters. The Kier molecular flexibility index (Phi) is 3.49. The van der Waals surface area contributed by atoms with Crippen molar-refractivity contribution in [3.05, 3.63) is 40.3 Å². The van der Waals surface area contributed by atoms with E-state index in [0.717, 1.165) is 48.1 Å². The van der Waals surface area contributed by atoms with Crippen molar-refractivity contribution in [2.24, 2.45) is 30.2 Å². The van der Waals surface area contributed by atoms with Crippen molar-refractivity contribution < 1.29 is 4.79 Å². The molecule has 26 heavy (non-hydrogen) atoms. The van der Waals surface area contributed by atoms with Crippen molar-refractivity contribution in [3.8, 4) is 0 Å². The lowest BCUT2D eigenvalue weighted by Gasteiger charge is -2.55. The molecule has 1 amide bonds. The monoisotopic (exact) mass is 351 g/mol. The summed E-state index contributed by atoms with van der Waals surface area (Å²) in [6, 6.07) is 7.51. The Morgan fingerprint density at radius 1 is 1.12 bits per heavy atom. The van der Waals surface area contributed by atoms with E-state index in [2.05, 4.69) is 10.4 Å². The summed E-state index contributed by atoms with van der Waals surface area (Å²) in [5.41, 5.74) is 0.517. The minimum Gasteiger partial charge on any atom is -0.350 e. The molecular weight excluding hydrogens is 326 g/mol. The predicted octanol–water partition coefficient (Wildman–Crippen LogP) is 2.77. The van der Waals surface area contributed by atoms with Crippen molar-refractivity contribution in [1.82, 2.24) is 15.1 Å². The zero-order valence-electron chi connectivity index (χ0n) is 15.2. The van der Waals surface area contributed by atoms with Crippen LogP contribution in [0.25, 0.3) is 10.8 Å². The zero-order valence-corrected chi connectivity index (χ0v) is 15.2. The number of aromatic nitrogens is 2. The second-order valence-corrected chi connectivity index (χ2v) is 8.80. The normalized spacial score (nSPS) is 32.1. The fourth-order valence-corrected chi connectivity index (χ4v) is 6.25. The van der Waals surface area contributed by atoms with Crippen LogP contribution in [-0.2, 0) is 18.4 Å². The molecule has 2 aromatic rings. The maximum atomic E-state index is 13.2. The van der Waals surface area contributed by atoms with Gasteiger partial charge in [-0.15, -0.1) is 0 Å². The second kappa shape index (κ2) is 5.66. The van der Waals surface area contributed by atoms with Gasteiger partial charge >= 0.3 is 0 Å². The van der Waals surface area contributed by atoms with Crippen LogP contribution in [-0.4, -0.2) is 15.7 Å². The van der Waals surface area contributed by atoms with Crippen LogP contribution in [0.2, 0.25) is 0 Å². The first-order chi connectivity index (χ1) is 12.5. The highest BCUT2D eigenvalue weighted by molar-refractivity contribution is 5.85. The van der Waals surface area contributed by atoms with E-state index in [4.69, 9.17) is 0 Å². The third-order valence-corrected chi connectivity index (χ3v) is 6.97. The van der Waals surface area contributed by atoms with Crippen molar-refractivity contribution in [3.63, 3.8) is 0 Å². The molecule has 5 heteroatoms. The lowest BCUT2D eigenvalue weighted by molar-refractivity contribution is -0.146. The molecule has 1 heterocycles. The Labute approximate surface area is 152 Å². The summed E-state index contributed by atoms with van der Waals surface area (Å²) in [6.07, 6.45) is 7.18. The molecule has 4 fully saturated rings. The molecule has 4 bridgehead atoms. The number of carbonyl (C=O) groups is 1. The number of nitrogens with zero attached hydrogens (tertiary/aromatic N) is 2. The van der Waals surface area contributed by atoms with Gasteiger partial charge in [-0.25, -0.2) is 4.68 Å². The van der Waals surface area contributed by atoms with Crippen molar-refractivity contribution in [2.45, 2.75) is 45.1 Å². The summed E-state index contributed by atoms with van der Waals surface area (Å²) in [6.45, 7) is 0.384. The van der Waals surface area contributed by atoms with Gasteiger partial charge in [-0.05, 0) is 62.3 Å². The topological polar surface area (TPSA) is 64.0 Å². The number of hydrogen-bond donors (Lipinski definition) is 1. The number of benzene rings is 1. The van der Waals surface area contributed by atoms with Crippen LogP contribution >= 0.6 is 0 Å². The molecule has 1 N–H and O–H groups in total. The third kappa shape index (κ3) is 2.40. The Balaban J connectivity index is 1.40. The van der Waals surface area contributed by atoms with Crippen LogP contribution in [0, 0.1) is 23.2 Å². The van der Waals surface area contributed by atoms with Gasteiger partial charge < -0.3 is 5.32 Å². The maximum Gasteiger partial charge on any atom is 0.274 e. The standard InChI is InChI=1S/C21H25N3O2/c1-24-19(25)17-5-3-2-4-16(17)18(23-24)12-22-20(26)21-9-13-6-14(10-21)8-15(7-13)11-21/h2-5,13-15H,6-12H2,1H3,(H,22,26). The number of rotatable bonds is 3. The lowest BCUT2D eigenvalue weighted by Crippen LogP contribution is -2.53. The summed E-state index contributed by atoms with van der Waals surface area (Å²) in [5, 5.41) is 9.08. The van der Waals surface area contributed by atoms with E-state index in [1.807, 2.05) is 24.3 Å². The van der Waals surface area contributed by atoms with Gasteiger partial charge in [-0.2, -0.15) is 5.10 Å². The number of hydrogen-bond acceptors (Lipinski definition) is 3. The zero-order chi connectivity index (χ0) is 17.9. The van der Waals surface area contributed by atoms with Gasteiger partial charge in [0.15, 0.2) is 0 Å². The van der Waals surface area contributed by atoms with Gasteiger partial charge in [0.2, 0.25) is 5.91 Å². The number of aryl methyl sites for hydroxylation is 1. The molecule has 4 aliphatic carbocycles. The average molecular weight is 351 g/mol. The molecule has 1 aromatic heterocycles. The van der Waals surface area contributed by atoms with Gasteiger partial charge in [0.05, 0.1) is 17.6 Å². The maximum absolute atomic E-state index is 13.2. The Morgan fingerprint density at radius 3 is 2.31 bits per heavy atom. The van der Waals surface area contributed by atoms with Gasteiger partial charge in [-0.1, -0.05) is 18.2 Å². The SMILES string of the molecule is Cn1nc(CNC(=O)C23CC4CC(CC(C4)C2)C3)c2ccccc2c1=O. The van der Waals surface area contributed by atoms with Crippen molar-refractivity contribution in [1.29, 1.82) is 0 Å². The fourth-order valence-electron chi connectivity index (χ4n) is 6.25. The molecule has 0 aliphatic heterocycles. The average Bonchev–Trinajstić information content (AvgIpc) is 2.62. The van der Waals surface area contributed by atoms with E-state index in [1.54, 1.807) is 7.05 Å². The number of nitrogens with one attached hydrogen (secondary N) is 1. The quantitative estimate of drug-likeness (QED) is 0.925. The molecular formula is C21H25N3O2. The molecule has 0 saturated heterocycles. The van der Waals surface area contributed by atoms with E-state index < -0.39 is 0 Å².